The van der Waals surface area contributed by atoms with E-state index >= 15 is 0 Å². The van der Waals surface area contributed by atoms with E-state index in [1.807, 2.05) is 18.2 Å². The van der Waals surface area contributed by atoms with Crippen LogP contribution in [0.1, 0.15) is 0 Å². The highest BCUT2D eigenvalue weighted by Gasteiger charge is 2.05. The van der Waals surface area contributed by atoms with Crippen LogP contribution in [0.15, 0.2) is 43.1 Å². The van der Waals surface area contributed by atoms with Gasteiger partial charge < -0.3 is 0 Å². The largest absolute Gasteiger partial charge is 0.264 e. The van der Waals surface area contributed by atoms with Crippen molar-refractivity contribution in [3.8, 4) is 11.1 Å². The van der Waals surface area contributed by atoms with Gasteiger partial charge in [-0.3, -0.25) is 4.98 Å². The van der Waals surface area contributed by atoms with Crippen molar-refractivity contribution in [3.05, 3.63) is 43.1 Å². The second-order valence-electron chi connectivity index (χ2n) is 3.09. The molecular weight excluding hydrogens is 190 g/mol. The second kappa shape index (κ2) is 3.13. The maximum absolute atomic E-state index is 4.10. The van der Waals surface area contributed by atoms with Gasteiger partial charge in [0.15, 0.2) is 5.65 Å². The van der Waals surface area contributed by atoms with Crippen molar-refractivity contribution in [1.82, 2.24) is 24.8 Å². The molecular formula is C10H7N5. The summed E-state index contributed by atoms with van der Waals surface area (Å²) in [5, 5.41) is 11.9. The molecule has 0 bridgehead atoms. The summed E-state index contributed by atoms with van der Waals surface area (Å²) in [6.07, 6.45) is 6.84. The minimum Gasteiger partial charge on any atom is -0.264 e. The Morgan fingerprint density at radius 3 is 3.00 bits per heavy atom. The van der Waals surface area contributed by atoms with Crippen molar-refractivity contribution in [2.24, 2.45) is 0 Å². The van der Waals surface area contributed by atoms with Gasteiger partial charge in [-0.2, -0.15) is 9.61 Å². The van der Waals surface area contributed by atoms with Gasteiger partial charge in [0.25, 0.3) is 0 Å². The molecule has 0 aliphatic heterocycles. The third-order valence-electron chi connectivity index (χ3n) is 2.18. The molecule has 3 aromatic heterocycles. The van der Waals surface area contributed by atoms with Crippen LogP contribution in [-0.2, 0) is 0 Å². The first-order valence-electron chi connectivity index (χ1n) is 4.50. The van der Waals surface area contributed by atoms with Crippen molar-refractivity contribution in [1.29, 1.82) is 0 Å². The lowest BCUT2D eigenvalue weighted by Gasteiger charge is -2.00. The number of hydrogen-bond donors (Lipinski definition) is 0. The number of aromatic nitrogens is 5. The molecule has 3 rings (SSSR count). The van der Waals surface area contributed by atoms with Crippen LogP contribution in [0.3, 0.4) is 0 Å². The summed E-state index contributed by atoms with van der Waals surface area (Å²) in [5.74, 6) is 0. The van der Waals surface area contributed by atoms with E-state index in [1.165, 1.54) is 0 Å². The minimum absolute atomic E-state index is 0.741. The molecule has 0 amide bonds. The van der Waals surface area contributed by atoms with Crippen molar-refractivity contribution in [2.75, 3.05) is 0 Å². The Balaban J connectivity index is 2.31. The summed E-state index contributed by atoms with van der Waals surface area (Å²) in [6, 6.07) is 5.78. The second-order valence-corrected chi connectivity index (χ2v) is 3.09. The van der Waals surface area contributed by atoms with Crippen LogP contribution in [0.4, 0.5) is 0 Å². The van der Waals surface area contributed by atoms with Crippen LogP contribution in [0.25, 0.3) is 16.8 Å². The molecule has 0 atom stereocenters. The van der Waals surface area contributed by atoms with Gasteiger partial charge in [-0.15, -0.1) is 10.2 Å². The van der Waals surface area contributed by atoms with E-state index in [4.69, 9.17) is 0 Å². The fourth-order valence-corrected chi connectivity index (χ4v) is 1.49. The van der Waals surface area contributed by atoms with E-state index in [0.29, 0.717) is 0 Å². The van der Waals surface area contributed by atoms with Crippen molar-refractivity contribution >= 4 is 5.65 Å². The molecule has 3 aromatic rings. The average Bonchev–Trinajstić information content (AvgIpc) is 2.78. The van der Waals surface area contributed by atoms with E-state index in [2.05, 4.69) is 20.3 Å². The molecule has 0 aromatic carbocycles. The highest BCUT2D eigenvalue weighted by atomic mass is 15.3. The molecule has 0 aliphatic rings. The van der Waals surface area contributed by atoms with Crippen LogP contribution in [0.2, 0.25) is 0 Å². The lowest BCUT2D eigenvalue weighted by atomic mass is 10.1. The summed E-state index contributed by atoms with van der Waals surface area (Å²) in [7, 11) is 0. The Bertz CT molecular complexity index is 587. The fourth-order valence-electron chi connectivity index (χ4n) is 1.49. The van der Waals surface area contributed by atoms with Crippen LogP contribution in [0, 0.1) is 0 Å². The molecule has 5 heteroatoms. The number of pyridine rings is 1. The molecule has 0 saturated carbocycles. The Hall–Kier alpha value is -2.30. The third kappa shape index (κ3) is 1.25. The summed E-state index contributed by atoms with van der Waals surface area (Å²) in [5.41, 5.74) is 2.74. The van der Waals surface area contributed by atoms with Gasteiger partial charge in [0.1, 0.15) is 6.33 Å². The predicted octanol–water partition coefficient (Wildman–Crippen LogP) is 1.19. The lowest BCUT2D eigenvalue weighted by Crippen LogP contribution is -1.91. The van der Waals surface area contributed by atoms with Crippen LogP contribution < -0.4 is 0 Å². The molecule has 0 saturated heterocycles. The van der Waals surface area contributed by atoms with Crippen molar-refractivity contribution < 1.29 is 0 Å². The van der Waals surface area contributed by atoms with Crippen LogP contribution in [-0.4, -0.2) is 24.8 Å². The quantitative estimate of drug-likeness (QED) is 0.588. The zero-order valence-corrected chi connectivity index (χ0v) is 7.78. The van der Waals surface area contributed by atoms with Crippen LogP contribution >= 0.6 is 0 Å². The Labute approximate surface area is 85.4 Å². The highest BCUT2D eigenvalue weighted by Crippen LogP contribution is 2.20. The first-order valence-corrected chi connectivity index (χ1v) is 4.50. The van der Waals surface area contributed by atoms with Gasteiger partial charge in [0, 0.05) is 29.7 Å². The van der Waals surface area contributed by atoms with Gasteiger partial charge in [-0.25, -0.2) is 0 Å². The average molecular weight is 197 g/mol. The smallest absolute Gasteiger partial charge is 0.185 e. The molecule has 0 unspecified atom stereocenters. The number of fused-ring (bicyclic) bond motifs is 1. The molecule has 5 nitrogen and oxygen atoms in total. The summed E-state index contributed by atoms with van der Waals surface area (Å²) in [4.78, 5) is 4.07. The topological polar surface area (TPSA) is 56.0 Å². The number of nitrogens with zero attached hydrogens (tertiary/aromatic N) is 5. The lowest BCUT2D eigenvalue weighted by molar-refractivity contribution is 0.927. The molecule has 15 heavy (non-hydrogen) atoms. The zero-order chi connectivity index (χ0) is 10.1. The summed E-state index contributed by atoms with van der Waals surface area (Å²) >= 11 is 0. The van der Waals surface area contributed by atoms with E-state index < -0.39 is 0 Å². The first-order chi connectivity index (χ1) is 7.45. The first kappa shape index (κ1) is 8.05. The van der Waals surface area contributed by atoms with Gasteiger partial charge >= 0.3 is 0 Å². The SMILES string of the molecule is c1cncc(-c2ccnn3cnnc23)c1. The normalized spacial score (nSPS) is 10.7. The maximum Gasteiger partial charge on any atom is 0.185 e. The fraction of sp³-hybridized carbons (Fsp3) is 0. The zero-order valence-electron chi connectivity index (χ0n) is 7.78. The van der Waals surface area contributed by atoms with Gasteiger partial charge in [-0.05, 0) is 12.1 Å². The maximum atomic E-state index is 4.10. The molecule has 0 N–H and O–H groups in total. The van der Waals surface area contributed by atoms with Gasteiger partial charge in [0.05, 0.1) is 0 Å². The Kier molecular flexibility index (Phi) is 1.68. The van der Waals surface area contributed by atoms with E-state index in [0.717, 1.165) is 16.8 Å². The van der Waals surface area contributed by atoms with Crippen molar-refractivity contribution in [2.45, 2.75) is 0 Å². The van der Waals surface area contributed by atoms with E-state index in [1.54, 1.807) is 29.4 Å². The number of rotatable bonds is 1. The van der Waals surface area contributed by atoms with Gasteiger partial charge in [-0.1, -0.05) is 6.07 Å². The minimum atomic E-state index is 0.741. The molecule has 0 spiro atoms. The molecule has 72 valence electrons. The monoisotopic (exact) mass is 197 g/mol. The van der Waals surface area contributed by atoms with Gasteiger partial charge in [0.2, 0.25) is 0 Å². The molecule has 3 heterocycles. The molecule has 0 aliphatic carbocycles. The molecule has 0 radical (unpaired) electrons. The third-order valence-corrected chi connectivity index (χ3v) is 2.18. The standard InChI is InChI=1S/C10H7N5/c1-2-8(6-11-4-1)9-3-5-13-15-7-12-14-10(9)15/h1-7H. The van der Waals surface area contributed by atoms with E-state index in [-0.39, 0.29) is 0 Å². The molecule has 0 fully saturated rings. The van der Waals surface area contributed by atoms with E-state index in [9.17, 15) is 0 Å². The summed E-state index contributed by atoms with van der Waals surface area (Å²) < 4.78 is 1.64. The predicted molar refractivity (Wildman–Crippen MR) is 54.0 cm³/mol. The van der Waals surface area contributed by atoms with Crippen LogP contribution in [0.5, 0.6) is 0 Å². The highest BCUT2D eigenvalue weighted by molar-refractivity contribution is 5.75. The Morgan fingerprint density at radius 1 is 1.13 bits per heavy atom. The summed E-state index contributed by atoms with van der Waals surface area (Å²) in [6.45, 7) is 0. The van der Waals surface area contributed by atoms with Crippen molar-refractivity contribution in [3.63, 3.8) is 0 Å². The Morgan fingerprint density at radius 2 is 2.13 bits per heavy atom. The number of hydrogen-bond acceptors (Lipinski definition) is 4.